The number of unbranched alkanes of at least 4 members (excludes halogenated alkanes) is 2. The van der Waals surface area contributed by atoms with E-state index in [0.29, 0.717) is 44.1 Å². The first-order valence-electron chi connectivity index (χ1n) is 40.4. The number of phenols is 1. The van der Waals surface area contributed by atoms with Crippen molar-refractivity contribution in [1.29, 1.82) is 0 Å². The molecular formula is C80H142N16O16. The second-order valence-electron chi connectivity index (χ2n) is 32.3. The van der Waals surface area contributed by atoms with E-state index >= 15 is 0 Å². The monoisotopic (exact) mass is 1580 g/mol. The van der Waals surface area contributed by atoms with Gasteiger partial charge in [-0.1, -0.05) is 156 Å². The SMILES string of the molecule is CC=C(NC(=O)C(O)C(C)CC)C(=O)NC(CC(C)C)C(=O)NC(CCCN)C(=O)NC(C(=O)NC(C(=O)NC(C(=O)NC(CCCCN)C(=O)NC(C(=O)NC(CC(C)C)C(=O)NC(CCCCN)C(=O)NC(Cc1ccc(O)cc1)C(=O)NC(CC(C)C)C(=O)NC(CO)C(C)C)C(C)C)C(C)C)C(C)C)C(C)CC. The molecule has 32 heteroatoms. The number of carbonyl (C=O) groups excluding carboxylic acids is 13. The van der Waals surface area contributed by atoms with Gasteiger partial charge in [-0.3, -0.25) is 62.3 Å². The number of aliphatic hydroxyl groups excluding tert-OH is 2. The van der Waals surface area contributed by atoms with Gasteiger partial charge in [-0.2, -0.15) is 0 Å². The molecule has 0 saturated carbocycles. The first-order chi connectivity index (χ1) is 52.6. The third kappa shape index (κ3) is 36.7. The zero-order valence-electron chi connectivity index (χ0n) is 70.2. The maximum absolute atomic E-state index is 14.7. The highest BCUT2D eigenvalue weighted by molar-refractivity contribution is 6.02. The number of amides is 13. The van der Waals surface area contributed by atoms with Crippen molar-refractivity contribution in [2.75, 3.05) is 26.2 Å². The van der Waals surface area contributed by atoms with Crippen molar-refractivity contribution in [1.82, 2.24) is 69.1 Å². The minimum atomic E-state index is -1.40. The van der Waals surface area contributed by atoms with Crippen molar-refractivity contribution in [2.24, 2.45) is 70.5 Å². The van der Waals surface area contributed by atoms with Crippen LogP contribution in [0.2, 0.25) is 0 Å². The lowest BCUT2D eigenvalue weighted by atomic mass is 9.95. The standard InChI is InChI=1S/C80H142N16O16/c1-20-50(18)66(96-71(103)57(30-27-37-83)86-72(104)58(38-43(4)5)88-68(100)54(22-3)84-80(112)67(99)51(19)21-2)79(111)95-65(49(16)17)78(110)94-64(48(14)15)76(108)87-56(29-24-26-36-82)70(102)93-63(47(12)13)77(109)91-60(40-45(8)9)73(105)85-55(28-23-25-35-81)69(101)90-61(41-52-31-33-53(98)34-32-52)75(107)89-59(39-44(6)7)74(106)92-62(42-97)46(10)11/h22,31-34,43-51,55-67,97-99H,20-21,23-30,35-42,81-83H2,1-19H3,(H,84,112)(H,85,105)(H,86,104)(H,87,108)(H,88,100)(H,89,107)(H,90,101)(H,91,109)(H,92,106)(H,93,102)(H,94,110)(H,95,111)(H,96,103). The van der Waals surface area contributed by atoms with Gasteiger partial charge in [0.2, 0.25) is 65.0 Å². The number of carbonyl (C=O) groups is 13. The van der Waals surface area contributed by atoms with E-state index in [4.69, 9.17) is 17.2 Å². The maximum atomic E-state index is 14.7. The quantitative estimate of drug-likeness (QED) is 0.0327. The van der Waals surface area contributed by atoms with E-state index in [1.807, 2.05) is 55.4 Å². The first-order valence-corrected chi connectivity index (χ1v) is 40.4. The summed E-state index contributed by atoms with van der Waals surface area (Å²) in [6.45, 7) is 33.4. The molecule has 0 radical (unpaired) electrons. The number of aromatic hydroxyl groups is 1. The Labute approximate surface area is 664 Å². The topological polar surface area (TPSA) is 517 Å². The Hall–Kier alpha value is -8.33. The Morgan fingerprint density at radius 2 is 0.696 bits per heavy atom. The van der Waals surface area contributed by atoms with E-state index in [9.17, 15) is 77.6 Å². The van der Waals surface area contributed by atoms with Gasteiger partial charge in [0.05, 0.1) is 12.6 Å². The molecule has 0 heterocycles. The number of allylic oxidation sites excluding steroid dienone is 1. The molecule has 112 heavy (non-hydrogen) atoms. The fraction of sp³-hybridized carbons (Fsp3) is 0.738. The van der Waals surface area contributed by atoms with Crippen LogP contribution in [0.1, 0.15) is 221 Å². The molecule has 0 fully saturated rings. The van der Waals surface area contributed by atoms with Crippen molar-refractivity contribution in [3.8, 4) is 5.75 Å². The van der Waals surface area contributed by atoms with Crippen LogP contribution in [0.15, 0.2) is 36.0 Å². The second kappa shape index (κ2) is 52.9. The van der Waals surface area contributed by atoms with Crippen molar-refractivity contribution in [3.63, 3.8) is 0 Å². The van der Waals surface area contributed by atoms with Crippen LogP contribution in [0.5, 0.6) is 5.75 Å². The summed E-state index contributed by atoms with van der Waals surface area (Å²) in [4.78, 5) is 186. The highest BCUT2D eigenvalue weighted by Gasteiger charge is 2.40. The van der Waals surface area contributed by atoms with Gasteiger partial charge in [0.15, 0.2) is 0 Å². The molecule has 0 saturated heterocycles. The van der Waals surface area contributed by atoms with Crippen LogP contribution < -0.4 is 86.3 Å². The molecule has 22 N–H and O–H groups in total. The minimum Gasteiger partial charge on any atom is -0.508 e. The fourth-order valence-corrected chi connectivity index (χ4v) is 12.1. The Kier molecular flexibility index (Phi) is 48.0. The summed E-state index contributed by atoms with van der Waals surface area (Å²) in [5.74, 6) is -13.2. The van der Waals surface area contributed by atoms with Crippen LogP contribution in [0.4, 0.5) is 0 Å². The normalized spacial score (nSPS) is 15.8. The first kappa shape index (κ1) is 102. The van der Waals surface area contributed by atoms with Gasteiger partial charge in [0, 0.05) is 6.42 Å². The van der Waals surface area contributed by atoms with Gasteiger partial charge in [-0.15, -0.1) is 0 Å². The fourth-order valence-electron chi connectivity index (χ4n) is 12.1. The number of rotatable bonds is 54. The van der Waals surface area contributed by atoms with E-state index in [2.05, 4.69) is 69.1 Å². The lowest BCUT2D eigenvalue weighted by Crippen LogP contribution is -2.62. The molecule has 638 valence electrons. The lowest BCUT2D eigenvalue weighted by Gasteiger charge is -2.31. The van der Waals surface area contributed by atoms with Crippen LogP contribution in [-0.2, 0) is 68.7 Å². The Morgan fingerprint density at radius 1 is 0.375 bits per heavy atom. The highest BCUT2D eigenvalue weighted by Crippen LogP contribution is 2.19. The van der Waals surface area contributed by atoms with E-state index in [1.165, 1.54) is 25.1 Å². The maximum Gasteiger partial charge on any atom is 0.268 e. The largest absolute Gasteiger partial charge is 0.508 e. The van der Waals surface area contributed by atoms with E-state index < -0.39 is 185 Å². The zero-order chi connectivity index (χ0) is 85.4. The third-order valence-corrected chi connectivity index (χ3v) is 19.6. The Bertz CT molecular complexity index is 3170. The molecule has 0 bridgehead atoms. The summed E-state index contributed by atoms with van der Waals surface area (Å²) in [6, 6.07) is -8.64. The van der Waals surface area contributed by atoms with Gasteiger partial charge >= 0.3 is 0 Å². The molecule has 0 aliphatic heterocycles. The zero-order valence-corrected chi connectivity index (χ0v) is 70.2. The average molecular weight is 1580 g/mol. The molecule has 0 aliphatic carbocycles. The van der Waals surface area contributed by atoms with Crippen LogP contribution in [0.3, 0.4) is 0 Å². The molecule has 1 aromatic rings. The highest BCUT2D eigenvalue weighted by atomic mass is 16.3. The summed E-state index contributed by atoms with van der Waals surface area (Å²) < 4.78 is 0. The van der Waals surface area contributed by atoms with Crippen LogP contribution in [0.25, 0.3) is 0 Å². The van der Waals surface area contributed by atoms with Crippen LogP contribution in [-0.4, -0.2) is 197 Å². The summed E-state index contributed by atoms with van der Waals surface area (Å²) in [6.07, 6.45) is 2.98. The molecule has 1 rings (SSSR count). The van der Waals surface area contributed by atoms with E-state index in [-0.39, 0.29) is 113 Å². The number of nitrogens with one attached hydrogen (secondary N) is 13. The predicted molar refractivity (Wildman–Crippen MR) is 431 cm³/mol. The predicted octanol–water partition coefficient (Wildman–Crippen LogP) is 1.98. The Morgan fingerprint density at radius 3 is 1.08 bits per heavy atom. The molecule has 1 aromatic carbocycles. The summed E-state index contributed by atoms with van der Waals surface area (Å²) >= 11 is 0. The number of phenolic OH excluding ortho intramolecular Hbond substituents is 1. The molecule has 0 spiro atoms. The van der Waals surface area contributed by atoms with Gasteiger partial charge in [-0.25, -0.2) is 0 Å². The number of benzene rings is 1. The molecule has 32 nitrogen and oxygen atoms in total. The number of hydrogen-bond donors (Lipinski definition) is 19. The van der Waals surface area contributed by atoms with Crippen molar-refractivity contribution in [3.05, 3.63) is 41.6 Å². The number of aliphatic hydroxyl groups is 2. The van der Waals surface area contributed by atoms with E-state index in [1.54, 1.807) is 81.4 Å². The van der Waals surface area contributed by atoms with Crippen molar-refractivity contribution < 1.29 is 77.6 Å². The summed E-state index contributed by atoms with van der Waals surface area (Å²) in [5.41, 5.74) is 18.0. The molecule has 0 aliphatic rings. The summed E-state index contributed by atoms with van der Waals surface area (Å²) in [7, 11) is 0. The smallest absolute Gasteiger partial charge is 0.268 e. The number of nitrogens with two attached hydrogens (primary N) is 3. The second-order valence-corrected chi connectivity index (χ2v) is 32.3. The van der Waals surface area contributed by atoms with Crippen molar-refractivity contribution in [2.45, 2.75) is 300 Å². The van der Waals surface area contributed by atoms with Gasteiger partial charge in [0.25, 0.3) is 11.8 Å². The molecule has 15 atom stereocenters. The van der Waals surface area contributed by atoms with Crippen LogP contribution >= 0.6 is 0 Å². The third-order valence-electron chi connectivity index (χ3n) is 19.6. The molecular weight excluding hydrogens is 1440 g/mol. The Balaban J connectivity index is 3.65. The molecule has 13 amide bonds. The molecule has 0 aromatic heterocycles. The van der Waals surface area contributed by atoms with Gasteiger partial charge in [-0.05, 0) is 168 Å². The average Bonchev–Trinajstić information content (AvgIpc) is 0.846. The summed E-state index contributed by atoms with van der Waals surface area (Å²) in [5, 5.41) is 66.4. The number of hydrogen-bond acceptors (Lipinski definition) is 19. The van der Waals surface area contributed by atoms with Gasteiger partial charge < -0.3 is 102 Å². The molecule has 15 unspecified atom stereocenters. The van der Waals surface area contributed by atoms with E-state index in [0.717, 1.165) is 0 Å². The minimum absolute atomic E-state index is 0.0213. The van der Waals surface area contributed by atoms with Crippen LogP contribution in [0, 0.1) is 53.3 Å². The lowest BCUT2D eigenvalue weighted by molar-refractivity contribution is -0.137. The van der Waals surface area contributed by atoms with Gasteiger partial charge in [0.1, 0.15) is 84.0 Å². The van der Waals surface area contributed by atoms with Crippen molar-refractivity contribution >= 4 is 76.8 Å².